The predicted octanol–water partition coefficient (Wildman–Crippen LogP) is 6.55. The van der Waals surface area contributed by atoms with Crippen LogP contribution in [0.25, 0.3) is 15.9 Å². The van der Waals surface area contributed by atoms with Crippen LogP contribution in [0.3, 0.4) is 0 Å². The number of nitriles is 1. The minimum absolute atomic E-state index is 0.0775. The fourth-order valence-corrected chi connectivity index (χ4v) is 9.39. The number of thiophene rings is 2. The van der Waals surface area contributed by atoms with Crippen molar-refractivity contribution >= 4 is 55.6 Å². The predicted molar refractivity (Wildman–Crippen MR) is 175 cm³/mol. The molecule has 2 aromatic carbocycles. The number of hydrogen-bond donors (Lipinski definition) is 1. The minimum Gasteiger partial charge on any atom is -0.316 e. The molecule has 5 aromatic rings. The summed E-state index contributed by atoms with van der Waals surface area (Å²) in [4.78, 5) is 37.8. The molecule has 0 atom stereocenters. The standard InChI is InChI=1S/C33H29N5O2S3/c34-17-25-23-13-7-8-14-26(23)42-30(25)35-28(39)20-41-33-36-31-29(32(40)38(33)22-11-5-2-6-12-22)24-15-16-37(19-27(24)43-31)18-21-9-3-1-4-10-21/h1-6,9-12H,7-8,13-16,18-20H2,(H,35,39). The molecular formula is C33H29N5O2S3. The summed E-state index contributed by atoms with van der Waals surface area (Å²) in [5.74, 6) is -0.134. The van der Waals surface area contributed by atoms with E-state index in [2.05, 4.69) is 40.6 Å². The number of benzene rings is 2. The van der Waals surface area contributed by atoms with Crippen molar-refractivity contribution in [2.75, 3.05) is 17.6 Å². The summed E-state index contributed by atoms with van der Waals surface area (Å²) in [5.41, 5.74) is 4.71. The Kier molecular flexibility index (Phi) is 7.89. The van der Waals surface area contributed by atoms with Crippen molar-refractivity contribution in [2.45, 2.75) is 50.4 Å². The molecule has 7 rings (SSSR count). The van der Waals surface area contributed by atoms with Gasteiger partial charge in [0, 0.05) is 29.4 Å². The lowest BCUT2D eigenvalue weighted by Gasteiger charge is -2.26. The third-order valence-electron chi connectivity index (χ3n) is 8.05. The molecule has 1 aliphatic carbocycles. The van der Waals surface area contributed by atoms with Gasteiger partial charge in [0.1, 0.15) is 15.9 Å². The van der Waals surface area contributed by atoms with Crippen LogP contribution >= 0.6 is 34.4 Å². The van der Waals surface area contributed by atoms with Crippen molar-refractivity contribution < 1.29 is 4.79 Å². The van der Waals surface area contributed by atoms with Crippen molar-refractivity contribution in [1.29, 1.82) is 5.26 Å². The van der Waals surface area contributed by atoms with Gasteiger partial charge in [0.15, 0.2) is 5.16 Å². The van der Waals surface area contributed by atoms with Crippen LogP contribution in [0.5, 0.6) is 0 Å². The van der Waals surface area contributed by atoms with E-state index < -0.39 is 0 Å². The van der Waals surface area contributed by atoms with Gasteiger partial charge in [0.05, 0.1) is 22.4 Å². The van der Waals surface area contributed by atoms with Crippen LogP contribution in [0, 0.1) is 11.3 Å². The summed E-state index contributed by atoms with van der Waals surface area (Å²) >= 11 is 4.36. The molecule has 216 valence electrons. The first-order valence-corrected chi connectivity index (χ1v) is 17.1. The maximum absolute atomic E-state index is 14.2. The summed E-state index contributed by atoms with van der Waals surface area (Å²) in [6.07, 6.45) is 4.84. The fourth-order valence-electron chi connectivity index (χ4n) is 6.02. The molecule has 7 nitrogen and oxygen atoms in total. The van der Waals surface area contributed by atoms with Crippen molar-refractivity contribution in [3.8, 4) is 11.8 Å². The third-order valence-corrected chi connectivity index (χ3v) is 11.3. The summed E-state index contributed by atoms with van der Waals surface area (Å²) < 4.78 is 1.65. The molecule has 3 aromatic heterocycles. The van der Waals surface area contributed by atoms with Crippen molar-refractivity contribution in [3.63, 3.8) is 0 Å². The highest BCUT2D eigenvalue weighted by Crippen LogP contribution is 2.38. The smallest absolute Gasteiger partial charge is 0.267 e. The summed E-state index contributed by atoms with van der Waals surface area (Å²) in [6.45, 7) is 2.53. The number of hydrogen-bond acceptors (Lipinski definition) is 8. The Morgan fingerprint density at radius 2 is 1.74 bits per heavy atom. The lowest BCUT2D eigenvalue weighted by molar-refractivity contribution is -0.113. The van der Waals surface area contributed by atoms with Crippen LogP contribution in [0.15, 0.2) is 70.6 Å². The van der Waals surface area contributed by atoms with Gasteiger partial charge in [0.25, 0.3) is 5.56 Å². The Morgan fingerprint density at radius 1 is 0.977 bits per heavy atom. The van der Waals surface area contributed by atoms with Crippen LogP contribution in [0.1, 0.15) is 44.8 Å². The lowest BCUT2D eigenvalue weighted by atomic mass is 9.96. The largest absolute Gasteiger partial charge is 0.316 e. The topological polar surface area (TPSA) is 91.0 Å². The number of amides is 1. The first-order chi connectivity index (χ1) is 21.1. The van der Waals surface area contributed by atoms with E-state index in [1.165, 1.54) is 38.4 Å². The molecule has 0 saturated carbocycles. The van der Waals surface area contributed by atoms with E-state index in [1.807, 2.05) is 36.4 Å². The first kappa shape index (κ1) is 28.0. The van der Waals surface area contributed by atoms with Crippen LogP contribution in [0.4, 0.5) is 5.00 Å². The zero-order valence-electron chi connectivity index (χ0n) is 23.5. The second kappa shape index (κ2) is 12.1. The monoisotopic (exact) mass is 623 g/mol. The van der Waals surface area contributed by atoms with Gasteiger partial charge in [-0.3, -0.25) is 19.1 Å². The normalized spacial score (nSPS) is 14.7. The van der Waals surface area contributed by atoms with E-state index in [9.17, 15) is 14.9 Å². The van der Waals surface area contributed by atoms with Crippen molar-refractivity contribution in [2.24, 2.45) is 0 Å². The first-order valence-electron chi connectivity index (χ1n) is 14.5. The van der Waals surface area contributed by atoms with Gasteiger partial charge in [-0.1, -0.05) is 60.3 Å². The molecule has 0 spiro atoms. The quantitative estimate of drug-likeness (QED) is 0.163. The highest BCUT2D eigenvalue weighted by atomic mass is 32.2. The number of aromatic nitrogens is 2. The Bertz CT molecular complexity index is 1920. The highest BCUT2D eigenvalue weighted by molar-refractivity contribution is 7.99. The van der Waals surface area contributed by atoms with Crippen molar-refractivity contribution in [3.05, 3.63) is 103 Å². The number of carbonyl (C=O) groups is 1. The van der Waals surface area contributed by atoms with E-state index in [1.54, 1.807) is 15.9 Å². The van der Waals surface area contributed by atoms with Crippen LogP contribution in [0.2, 0.25) is 0 Å². The second-order valence-electron chi connectivity index (χ2n) is 10.9. The zero-order valence-corrected chi connectivity index (χ0v) is 25.9. The highest BCUT2D eigenvalue weighted by Gasteiger charge is 2.27. The lowest BCUT2D eigenvalue weighted by Crippen LogP contribution is -2.30. The molecule has 0 saturated heterocycles. The molecule has 0 bridgehead atoms. The molecular weight excluding hydrogens is 595 g/mol. The Morgan fingerprint density at radius 3 is 2.53 bits per heavy atom. The number of thioether (sulfide) groups is 1. The molecule has 0 unspecified atom stereocenters. The average molecular weight is 624 g/mol. The van der Waals surface area contributed by atoms with E-state index >= 15 is 0 Å². The molecule has 1 amide bonds. The molecule has 0 fully saturated rings. The maximum Gasteiger partial charge on any atom is 0.267 e. The van der Waals surface area contributed by atoms with E-state index in [0.29, 0.717) is 21.1 Å². The number of anilines is 1. The van der Waals surface area contributed by atoms with E-state index in [4.69, 9.17) is 4.98 Å². The van der Waals surface area contributed by atoms with Crippen LogP contribution in [-0.4, -0.2) is 32.7 Å². The Balaban J connectivity index is 1.18. The number of nitrogens with zero attached hydrogens (tertiary/aromatic N) is 4. The molecule has 10 heteroatoms. The molecule has 1 aliphatic heterocycles. The van der Waals surface area contributed by atoms with Gasteiger partial charge in [0.2, 0.25) is 5.91 Å². The molecule has 43 heavy (non-hydrogen) atoms. The van der Waals surface area contributed by atoms with E-state index in [-0.39, 0.29) is 17.2 Å². The summed E-state index contributed by atoms with van der Waals surface area (Å²) in [7, 11) is 0. The Labute approximate surface area is 261 Å². The number of carbonyl (C=O) groups excluding carboxylic acids is 1. The van der Waals surface area contributed by atoms with Gasteiger partial charge in [-0.15, -0.1) is 22.7 Å². The summed E-state index contributed by atoms with van der Waals surface area (Å²) in [5, 5.41) is 14.6. The van der Waals surface area contributed by atoms with Gasteiger partial charge in [-0.25, -0.2) is 4.98 Å². The van der Waals surface area contributed by atoms with Gasteiger partial charge < -0.3 is 5.32 Å². The third kappa shape index (κ3) is 5.54. The van der Waals surface area contributed by atoms with Gasteiger partial charge in [-0.2, -0.15) is 5.26 Å². The van der Waals surface area contributed by atoms with Crippen LogP contribution < -0.4 is 10.9 Å². The van der Waals surface area contributed by atoms with Gasteiger partial charge in [-0.05, 0) is 60.9 Å². The maximum atomic E-state index is 14.2. The number of para-hydroxylation sites is 1. The zero-order chi connectivity index (χ0) is 29.3. The van der Waals surface area contributed by atoms with Gasteiger partial charge >= 0.3 is 0 Å². The molecule has 0 radical (unpaired) electrons. The molecule has 2 aliphatic rings. The minimum atomic E-state index is -0.212. The Hall–Kier alpha value is -3.75. The molecule has 1 N–H and O–H groups in total. The SMILES string of the molecule is N#Cc1c(NC(=O)CSc2nc3sc4c(c3c(=O)n2-c2ccccc2)CCN(Cc2ccccc2)C4)sc2c1CCCC2. The fraction of sp³-hybridized carbons (Fsp3) is 0.273. The number of nitrogens with one attached hydrogen (secondary N) is 1. The van der Waals surface area contributed by atoms with Crippen molar-refractivity contribution in [1.82, 2.24) is 14.5 Å². The van der Waals surface area contributed by atoms with E-state index in [0.717, 1.165) is 73.4 Å². The second-order valence-corrected chi connectivity index (χ2v) is 14.0. The number of rotatable bonds is 7. The average Bonchev–Trinajstić information content (AvgIpc) is 3.58. The van der Waals surface area contributed by atoms with Crippen LogP contribution in [-0.2, 0) is 37.1 Å². The summed E-state index contributed by atoms with van der Waals surface area (Å²) in [6, 6.07) is 22.3. The number of aryl methyl sites for hydroxylation is 1. The number of fused-ring (bicyclic) bond motifs is 4. The molecule has 4 heterocycles.